The molecule has 2 heterocycles. The molecule has 0 amide bonds. The first-order valence-electron chi connectivity index (χ1n) is 8.13. The summed E-state index contributed by atoms with van der Waals surface area (Å²) in [6, 6.07) is 7.02. The highest BCUT2D eigenvalue weighted by atomic mass is 16.7. The summed E-state index contributed by atoms with van der Waals surface area (Å²) in [6.45, 7) is 10.4. The highest BCUT2D eigenvalue weighted by molar-refractivity contribution is 6.62. The van der Waals surface area contributed by atoms with E-state index in [9.17, 15) is 0 Å². The van der Waals surface area contributed by atoms with Crippen molar-refractivity contribution in [2.45, 2.75) is 64.7 Å². The van der Waals surface area contributed by atoms with Crippen molar-refractivity contribution in [3.63, 3.8) is 0 Å². The zero-order valence-electron chi connectivity index (χ0n) is 14.0. The van der Waals surface area contributed by atoms with Gasteiger partial charge >= 0.3 is 7.12 Å². The molecule has 0 atom stereocenters. The number of fused-ring (bicyclic) bond motifs is 1. The monoisotopic (exact) mass is 298 g/mol. The van der Waals surface area contributed by atoms with Gasteiger partial charge < -0.3 is 9.31 Å². The molecule has 1 aromatic carbocycles. The van der Waals surface area contributed by atoms with Crippen LogP contribution in [0, 0.1) is 6.92 Å². The van der Waals surface area contributed by atoms with E-state index in [0.29, 0.717) is 6.04 Å². The molecule has 0 N–H and O–H groups in total. The Morgan fingerprint density at radius 1 is 1.14 bits per heavy atom. The van der Waals surface area contributed by atoms with Crippen molar-refractivity contribution in [2.75, 3.05) is 0 Å². The number of rotatable bonds is 2. The molecule has 1 saturated carbocycles. The average Bonchev–Trinajstić information content (AvgIpc) is 3.18. The van der Waals surface area contributed by atoms with Crippen molar-refractivity contribution in [1.29, 1.82) is 0 Å². The summed E-state index contributed by atoms with van der Waals surface area (Å²) in [5.74, 6) is 0. The molecule has 1 aliphatic heterocycles. The van der Waals surface area contributed by atoms with E-state index < -0.39 is 0 Å². The number of aromatic nitrogens is 2. The molecule has 1 aliphatic carbocycles. The van der Waals surface area contributed by atoms with Crippen LogP contribution < -0.4 is 5.46 Å². The molecular formula is C17H23BN2O2. The molecule has 1 saturated heterocycles. The third kappa shape index (κ3) is 2.03. The van der Waals surface area contributed by atoms with Crippen LogP contribution in [0.2, 0.25) is 0 Å². The number of benzene rings is 1. The van der Waals surface area contributed by atoms with Crippen LogP contribution in [0.3, 0.4) is 0 Å². The molecular weight excluding hydrogens is 275 g/mol. The third-order valence-corrected chi connectivity index (χ3v) is 5.33. The summed E-state index contributed by atoms with van der Waals surface area (Å²) in [5.41, 5.74) is 2.76. The molecule has 2 aromatic rings. The Balaban J connectivity index is 1.76. The maximum atomic E-state index is 6.17. The van der Waals surface area contributed by atoms with Crippen LogP contribution in [0.4, 0.5) is 0 Å². The zero-order chi connectivity index (χ0) is 15.7. The Morgan fingerprint density at radius 3 is 2.36 bits per heavy atom. The second kappa shape index (κ2) is 4.36. The minimum atomic E-state index is -0.308. The largest absolute Gasteiger partial charge is 0.494 e. The first-order chi connectivity index (χ1) is 10.3. The van der Waals surface area contributed by atoms with Gasteiger partial charge in [0.1, 0.15) is 0 Å². The van der Waals surface area contributed by atoms with E-state index in [-0.39, 0.29) is 18.3 Å². The van der Waals surface area contributed by atoms with Gasteiger partial charge in [0.05, 0.1) is 28.5 Å². The van der Waals surface area contributed by atoms with Crippen LogP contribution in [0.1, 0.15) is 52.3 Å². The molecule has 22 heavy (non-hydrogen) atoms. The number of nitrogens with zero attached hydrogens (tertiary/aromatic N) is 2. The van der Waals surface area contributed by atoms with E-state index >= 15 is 0 Å². The van der Waals surface area contributed by atoms with Gasteiger partial charge in [0.25, 0.3) is 0 Å². The summed E-state index contributed by atoms with van der Waals surface area (Å²) < 4.78 is 14.5. The molecule has 0 bridgehead atoms. The van der Waals surface area contributed by atoms with Crippen LogP contribution >= 0.6 is 0 Å². The molecule has 4 rings (SSSR count). The van der Waals surface area contributed by atoms with Gasteiger partial charge in [-0.05, 0) is 59.0 Å². The SMILES string of the molecule is Cc1nn(C2CC2)c2cc(B3OC(C)(C)C(C)(C)O3)ccc12. The lowest BCUT2D eigenvalue weighted by Crippen LogP contribution is -2.41. The lowest BCUT2D eigenvalue weighted by Gasteiger charge is -2.32. The van der Waals surface area contributed by atoms with E-state index in [1.165, 1.54) is 23.7 Å². The van der Waals surface area contributed by atoms with Gasteiger partial charge in [-0.1, -0.05) is 12.1 Å². The standard InChI is InChI=1S/C17H23BN2O2/c1-11-14-9-6-12(10-15(14)20(19-11)13-7-8-13)18-21-16(2,3)17(4,5)22-18/h6,9-10,13H,7-8H2,1-5H3. The van der Waals surface area contributed by atoms with Gasteiger partial charge in [-0.15, -0.1) is 0 Å². The normalized spacial score (nSPS) is 23.4. The van der Waals surface area contributed by atoms with Gasteiger partial charge in [0, 0.05) is 5.39 Å². The van der Waals surface area contributed by atoms with Crippen molar-refractivity contribution in [3.05, 3.63) is 23.9 Å². The van der Waals surface area contributed by atoms with E-state index in [1.807, 2.05) is 0 Å². The zero-order valence-corrected chi connectivity index (χ0v) is 14.0. The molecule has 0 unspecified atom stereocenters. The molecule has 4 nitrogen and oxygen atoms in total. The second-order valence-electron chi connectivity index (χ2n) is 7.63. The van der Waals surface area contributed by atoms with Crippen molar-refractivity contribution < 1.29 is 9.31 Å². The fraction of sp³-hybridized carbons (Fsp3) is 0.588. The highest BCUT2D eigenvalue weighted by Gasteiger charge is 2.51. The highest BCUT2D eigenvalue weighted by Crippen LogP contribution is 2.38. The van der Waals surface area contributed by atoms with Gasteiger partial charge in [0.15, 0.2) is 0 Å². The maximum absolute atomic E-state index is 6.17. The first kappa shape index (κ1) is 14.3. The Bertz CT molecular complexity index is 730. The summed E-state index contributed by atoms with van der Waals surface area (Å²) in [5, 5.41) is 5.94. The topological polar surface area (TPSA) is 36.3 Å². The average molecular weight is 298 g/mol. The second-order valence-corrected chi connectivity index (χ2v) is 7.63. The minimum absolute atomic E-state index is 0.306. The molecule has 2 aliphatic rings. The molecule has 5 heteroatoms. The fourth-order valence-electron chi connectivity index (χ4n) is 3.04. The van der Waals surface area contributed by atoms with E-state index in [4.69, 9.17) is 14.4 Å². The van der Waals surface area contributed by atoms with Crippen molar-refractivity contribution in [2.24, 2.45) is 0 Å². The predicted molar refractivity (Wildman–Crippen MR) is 88.5 cm³/mol. The molecule has 0 radical (unpaired) electrons. The summed E-state index contributed by atoms with van der Waals surface area (Å²) >= 11 is 0. The number of hydrogen-bond acceptors (Lipinski definition) is 3. The van der Waals surface area contributed by atoms with Crippen molar-refractivity contribution in [1.82, 2.24) is 9.78 Å². The predicted octanol–water partition coefficient (Wildman–Crippen LogP) is 2.98. The van der Waals surface area contributed by atoms with Crippen molar-refractivity contribution in [3.8, 4) is 0 Å². The van der Waals surface area contributed by atoms with E-state index in [1.54, 1.807) is 0 Å². The summed E-state index contributed by atoms with van der Waals surface area (Å²) in [4.78, 5) is 0. The third-order valence-electron chi connectivity index (χ3n) is 5.33. The lowest BCUT2D eigenvalue weighted by molar-refractivity contribution is 0.00578. The minimum Gasteiger partial charge on any atom is -0.399 e. The first-order valence-corrected chi connectivity index (χ1v) is 8.13. The van der Waals surface area contributed by atoms with E-state index in [2.05, 4.69) is 57.5 Å². The maximum Gasteiger partial charge on any atom is 0.494 e. The van der Waals surface area contributed by atoms with Crippen molar-refractivity contribution >= 4 is 23.5 Å². The van der Waals surface area contributed by atoms with Gasteiger partial charge in [-0.25, -0.2) is 0 Å². The van der Waals surface area contributed by atoms with Gasteiger partial charge in [-0.2, -0.15) is 5.10 Å². The van der Waals surface area contributed by atoms with Crippen LogP contribution in [-0.2, 0) is 9.31 Å². The fourth-order valence-corrected chi connectivity index (χ4v) is 3.04. The molecule has 116 valence electrons. The molecule has 2 fully saturated rings. The quantitative estimate of drug-likeness (QED) is 0.800. The van der Waals surface area contributed by atoms with E-state index in [0.717, 1.165) is 11.2 Å². The van der Waals surface area contributed by atoms with Gasteiger partial charge in [-0.3, -0.25) is 4.68 Å². The van der Waals surface area contributed by atoms with Crippen LogP contribution in [0.15, 0.2) is 18.2 Å². The van der Waals surface area contributed by atoms with Crippen LogP contribution in [0.25, 0.3) is 10.9 Å². The number of aryl methyl sites for hydroxylation is 1. The molecule has 0 spiro atoms. The molecule has 1 aromatic heterocycles. The Labute approximate surface area is 131 Å². The van der Waals surface area contributed by atoms with Crippen LogP contribution in [0.5, 0.6) is 0 Å². The summed E-state index contributed by atoms with van der Waals surface area (Å²) in [6.07, 6.45) is 2.47. The lowest BCUT2D eigenvalue weighted by atomic mass is 9.79. The van der Waals surface area contributed by atoms with Gasteiger partial charge in [0.2, 0.25) is 0 Å². The Hall–Kier alpha value is -1.33. The Kier molecular flexibility index (Phi) is 2.83. The smallest absolute Gasteiger partial charge is 0.399 e. The number of hydrogen-bond donors (Lipinski definition) is 0. The van der Waals surface area contributed by atoms with Crippen LogP contribution in [-0.4, -0.2) is 28.1 Å². The Morgan fingerprint density at radius 2 is 1.77 bits per heavy atom. The summed E-state index contributed by atoms with van der Waals surface area (Å²) in [7, 11) is -0.308.